The van der Waals surface area contributed by atoms with Gasteiger partial charge < -0.3 is 10.1 Å². The van der Waals surface area contributed by atoms with Gasteiger partial charge in [-0.05, 0) is 55.0 Å². The van der Waals surface area contributed by atoms with Crippen molar-refractivity contribution < 1.29 is 9.53 Å². The second kappa shape index (κ2) is 11.4. The van der Waals surface area contributed by atoms with E-state index < -0.39 is 0 Å². The Labute approximate surface area is 182 Å². The van der Waals surface area contributed by atoms with Crippen molar-refractivity contribution in [1.82, 2.24) is 5.32 Å². The number of rotatable bonds is 8. The lowest BCUT2D eigenvalue weighted by molar-refractivity contribution is 0.0973. The molecule has 0 heterocycles. The van der Waals surface area contributed by atoms with E-state index in [-0.39, 0.29) is 11.0 Å². The minimum Gasteiger partial charge on any atom is -0.493 e. The van der Waals surface area contributed by atoms with Crippen LogP contribution in [0.4, 0.5) is 5.69 Å². The number of thiocarbonyl (C=S) groups is 1. The summed E-state index contributed by atoms with van der Waals surface area (Å²) in [5.74, 6) is 0.241. The van der Waals surface area contributed by atoms with Gasteiger partial charge in [-0.15, -0.1) is 0 Å². The number of carbonyl (C=O) groups excluding carboxylic acids is 1. The second-order valence-corrected chi connectivity index (χ2v) is 8.21. The lowest BCUT2D eigenvalue weighted by Gasteiger charge is -2.14. The van der Waals surface area contributed by atoms with Gasteiger partial charge in [0.1, 0.15) is 5.75 Å². The molecule has 0 radical (unpaired) electrons. The summed E-state index contributed by atoms with van der Waals surface area (Å²) in [6.45, 7) is 2.76. The molecule has 0 fully saturated rings. The zero-order valence-corrected chi connectivity index (χ0v) is 19.0. The van der Waals surface area contributed by atoms with Crippen molar-refractivity contribution in [2.75, 3.05) is 11.9 Å². The number of hydrogen-bond donors (Lipinski definition) is 2. The van der Waals surface area contributed by atoms with Gasteiger partial charge in [0.05, 0.1) is 12.2 Å². The molecule has 0 spiro atoms. The number of nitrogens with one attached hydrogen (secondary N) is 2. The third-order valence-corrected chi connectivity index (χ3v) is 4.94. The van der Waals surface area contributed by atoms with Crippen molar-refractivity contribution in [3.63, 3.8) is 0 Å². The summed E-state index contributed by atoms with van der Waals surface area (Å²) in [5.41, 5.74) is 1.23. The van der Waals surface area contributed by atoms with E-state index in [9.17, 15) is 4.79 Å². The molecule has 27 heavy (non-hydrogen) atoms. The maximum atomic E-state index is 12.7. The highest BCUT2D eigenvalue weighted by atomic mass is 79.9. The summed E-state index contributed by atoms with van der Waals surface area (Å²) in [5, 5.41) is 5.94. The molecule has 2 N–H and O–H groups in total. The summed E-state index contributed by atoms with van der Waals surface area (Å²) < 4.78 is 7.55. The molecule has 0 aromatic heterocycles. The van der Waals surface area contributed by atoms with Crippen LogP contribution in [-0.4, -0.2) is 17.6 Å². The zero-order valence-electron chi connectivity index (χ0n) is 15.1. The third kappa shape index (κ3) is 7.60. The number of carbonyl (C=O) groups is 1. The fourth-order valence-electron chi connectivity index (χ4n) is 2.42. The molecular weight excluding hydrogens is 492 g/mol. The Morgan fingerprint density at radius 2 is 1.85 bits per heavy atom. The number of anilines is 1. The lowest BCUT2D eigenvalue weighted by atomic mass is 10.2. The zero-order chi connectivity index (χ0) is 19.6. The van der Waals surface area contributed by atoms with Gasteiger partial charge in [-0.1, -0.05) is 64.1 Å². The molecule has 0 saturated heterocycles. The van der Waals surface area contributed by atoms with Crippen LogP contribution in [0.3, 0.4) is 0 Å². The highest BCUT2D eigenvalue weighted by Gasteiger charge is 2.15. The van der Waals surface area contributed by atoms with Gasteiger partial charge in [0, 0.05) is 14.6 Å². The van der Waals surface area contributed by atoms with Crippen LogP contribution in [0.5, 0.6) is 5.75 Å². The van der Waals surface area contributed by atoms with E-state index in [1.807, 2.05) is 30.3 Å². The molecule has 144 valence electrons. The third-order valence-electron chi connectivity index (χ3n) is 3.75. The van der Waals surface area contributed by atoms with E-state index in [1.165, 1.54) is 12.8 Å². The lowest BCUT2D eigenvalue weighted by Crippen LogP contribution is -2.34. The van der Waals surface area contributed by atoms with Gasteiger partial charge in [0.15, 0.2) is 5.11 Å². The molecule has 0 atom stereocenters. The summed E-state index contributed by atoms with van der Waals surface area (Å²) in [6, 6.07) is 12.9. The SMILES string of the molecule is CCCCCCOc1ccc(Br)cc1C(=O)NC(=S)Nc1cccc(Br)c1. The topological polar surface area (TPSA) is 50.4 Å². The summed E-state index contributed by atoms with van der Waals surface area (Å²) in [7, 11) is 0. The standard InChI is InChI=1S/C20H22Br2N2O2S/c1-2-3-4-5-11-26-18-10-9-15(22)13-17(18)19(25)24-20(27)23-16-8-6-7-14(21)12-16/h6-10,12-13H,2-5,11H2,1H3,(H2,23,24,25,27). The predicted molar refractivity (Wildman–Crippen MR) is 122 cm³/mol. The minimum atomic E-state index is -0.313. The smallest absolute Gasteiger partial charge is 0.261 e. The van der Waals surface area contributed by atoms with E-state index in [0.29, 0.717) is 17.9 Å². The Morgan fingerprint density at radius 3 is 2.59 bits per heavy atom. The molecule has 0 unspecified atom stereocenters. The van der Waals surface area contributed by atoms with E-state index in [0.717, 1.165) is 27.5 Å². The molecule has 0 aliphatic heterocycles. The van der Waals surface area contributed by atoms with Crippen LogP contribution in [0.2, 0.25) is 0 Å². The maximum Gasteiger partial charge on any atom is 0.261 e. The first-order valence-electron chi connectivity index (χ1n) is 8.80. The van der Waals surface area contributed by atoms with Crippen molar-refractivity contribution in [3.8, 4) is 5.75 Å². The van der Waals surface area contributed by atoms with Gasteiger partial charge in [0.2, 0.25) is 0 Å². The van der Waals surface area contributed by atoms with Crippen LogP contribution >= 0.6 is 44.1 Å². The molecule has 7 heteroatoms. The van der Waals surface area contributed by atoms with Gasteiger partial charge in [-0.25, -0.2) is 0 Å². The molecule has 1 amide bonds. The molecule has 2 aromatic carbocycles. The summed E-state index contributed by atoms with van der Waals surface area (Å²) in [4.78, 5) is 12.7. The molecule has 4 nitrogen and oxygen atoms in total. The maximum absolute atomic E-state index is 12.7. The molecule has 0 aliphatic rings. The quantitative estimate of drug-likeness (QED) is 0.321. The van der Waals surface area contributed by atoms with Gasteiger partial charge in [-0.2, -0.15) is 0 Å². The van der Waals surface area contributed by atoms with Crippen LogP contribution < -0.4 is 15.4 Å². The predicted octanol–water partition coefficient (Wildman–Crippen LogP) is 6.30. The first-order chi connectivity index (χ1) is 13.0. The minimum absolute atomic E-state index is 0.229. The number of unbranched alkanes of at least 4 members (excludes halogenated alkanes) is 3. The number of ether oxygens (including phenoxy) is 1. The molecule has 0 bridgehead atoms. The van der Waals surface area contributed by atoms with Crippen LogP contribution in [0, 0.1) is 0 Å². The highest BCUT2D eigenvalue weighted by Crippen LogP contribution is 2.24. The van der Waals surface area contributed by atoms with E-state index >= 15 is 0 Å². The molecule has 2 aromatic rings. The van der Waals surface area contributed by atoms with Gasteiger partial charge in [-0.3, -0.25) is 10.1 Å². The number of halogens is 2. The largest absolute Gasteiger partial charge is 0.493 e. The van der Waals surface area contributed by atoms with Gasteiger partial charge >= 0.3 is 0 Å². The van der Waals surface area contributed by atoms with E-state index in [4.69, 9.17) is 17.0 Å². The Morgan fingerprint density at radius 1 is 1.07 bits per heavy atom. The Balaban J connectivity index is 1.99. The second-order valence-electron chi connectivity index (χ2n) is 5.97. The van der Waals surface area contributed by atoms with Crippen molar-refractivity contribution >= 4 is 60.8 Å². The van der Waals surface area contributed by atoms with Crippen LogP contribution in [-0.2, 0) is 0 Å². The van der Waals surface area contributed by atoms with Crippen molar-refractivity contribution in [3.05, 3.63) is 57.0 Å². The number of hydrogen-bond acceptors (Lipinski definition) is 3. The number of amides is 1. The Hall–Kier alpha value is -1.44. The number of benzene rings is 2. The first-order valence-corrected chi connectivity index (χ1v) is 10.8. The molecule has 0 aliphatic carbocycles. The normalized spacial score (nSPS) is 10.3. The Kier molecular flexibility index (Phi) is 9.24. The average Bonchev–Trinajstić information content (AvgIpc) is 2.62. The molecular formula is C20H22Br2N2O2S. The fraction of sp³-hybridized carbons (Fsp3) is 0.300. The summed E-state index contributed by atoms with van der Waals surface area (Å²) in [6.07, 6.45) is 4.45. The monoisotopic (exact) mass is 512 g/mol. The van der Waals surface area contributed by atoms with Crippen molar-refractivity contribution in [1.29, 1.82) is 0 Å². The summed E-state index contributed by atoms with van der Waals surface area (Å²) >= 11 is 12.1. The average molecular weight is 514 g/mol. The fourth-order valence-corrected chi connectivity index (χ4v) is 3.39. The van der Waals surface area contributed by atoms with Crippen molar-refractivity contribution in [2.45, 2.75) is 32.6 Å². The Bertz CT molecular complexity index is 799. The van der Waals surface area contributed by atoms with Crippen molar-refractivity contribution in [2.24, 2.45) is 0 Å². The van der Waals surface area contributed by atoms with E-state index in [2.05, 4.69) is 49.4 Å². The highest BCUT2D eigenvalue weighted by molar-refractivity contribution is 9.10. The van der Waals surface area contributed by atoms with Crippen LogP contribution in [0.25, 0.3) is 0 Å². The van der Waals surface area contributed by atoms with Crippen LogP contribution in [0.1, 0.15) is 43.0 Å². The first kappa shape index (κ1) is 21.9. The van der Waals surface area contributed by atoms with E-state index in [1.54, 1.807) is 12.1 Å². The van der Waals surface area contributed by atoms with Gasteiger partial charge in [0.25, 0.3) is 5.91 Å². The molecule has 2 rings (SSSR count). The van der Waals surface area contributed by atoms with Crippen LogP contribution in [0.15, 0.2) is 51.4 Å². The molecule has 0 saturated carbocycles.